The molecule has 6 heteroatoms. The second-order valence-electron chi connectivity index (χ2n) is 4.30. The maximum absolute atomic E-state index is 14.1. The van der Waals surface area contributed by atoms with E-state index in [1.54, 1.807) is 37.6 Å². The predicted molar refractivity (Wildman–Crippen MR) is 74.0 cm³/mol. The highest BCUT2D eigenvalue weighted by Gasteiger charge is 2.07. The molecule has 0 radical (unpaired) electrons. The summed E-state index contributed by atoms with van der Waals surface area (Å²) in [4.78, 5) is 8.17. The lowest BCUT2D eigenvalue weighted by Gasteiger charge is -2.08. The van der Waals surface area contributed by atoms with Crippen molar-refractivity contribution < 1.29 is 4.39 Å². The van der Waals surface area contributed by atoms with E-state index in [1.807, 2.05) is 6.07 Å². The Hall–Kier alpha value is -2.76. The van der Waals surface area contributed by atoms with Crippen molar-refractivity contribution in [2.75, 3.05) is 5.32 Å². The molecule has 0 bridgehead atoms. The van der Waals surface area contributed by atoms with Crippen LogP contribution in [0.3, 0.4) is 0 Å². The van der Waals surface area contributed by atoms with Crippen molar-refractivity contribution in [1.82, 2.24) is 20.2 Å². The van der Waals surface area contributed by atoms with Crippen LogP contribution in [0, 0.1) is 12.7 Å². The van der Waals surface area contributed by atoms with E-state index in [2.05, 4.69) is 25.5 Å². The van der Waals surface area contributed by atoms with Gasteiger partial charge in [0.25, 0.3) is 0 Å². The first kappa shape index (κ1) is 12.3. The van der Waals surface area contributed by atoms with E-state index in [-0.39, 0.29) is 5.82 Å². The second kappa shape index (κ2) is 5.08. The first-order valence-corrected chi connectivity index (χ1v) is 6.08. The Morgan fingerprint density at radius 2 is 2.10 bits per heavy atom. The van der Waals surface area contributed by atoms with E-state index >= 15 is 0 Å². The smallest absolute Gasteiger partial charge is 0.147 e. The summed E-state index contributed by atoms with van der Waals surface area (Å²) in [6.07, 6.45) is 4.99. The zero-order valence-corrected chi connectivity index (χ0v) is 10.8. The highest BCUT2D eigenvalue weighted by Crippen LogP contribution is 2.25. The van der Waals surface area contributed by atoms with Gasteiger partial charge in [-0.1, -0.05) is 6.07 Å². The number of benzene rings is 1. The van der Waals surface area contributed by atoms with Crippen molar-refractivity contribution in [3.8, 4) is 11.1 Å². The third kappa shape index (κ3) is 2.49. The minimum Gasteiger partial charge on any atom is -0.338 e. The molecule has 2 N–H and O–H groups in total. The van der Waals surface area contributed by atoms with Crippen LogP contribution in [-0.2, 0) is 0 Å². The van der Waals surface area contributed by atoms with E-state index in [0.717, 1.165) is 11.1 Å². The van der Waals surface area contributed by atoms with Crippen LogP contribution in [0.5, 0.6) is 0 Å². The molecule has 0 aliphatic carbocycles. The standard InChI is InChI=1S/C14H12FN5/c1-9-16-5-4-14(19-9)20-13-3-2-10(6-12(13)15)11-7-17-18-8-11/h2-8H,1H3,(H,17,18)(H,16,19,20). The van der Waals surface area contributed by atoms with Gasteiger partial charge in [-0.3, -0.25) is 5.10 Å². The Kier molecular flexibility index (Phi) is 3.12. The quantitative estimate of drug-likeness (QED) is 0.767. The zero-order chi connectivity index (χ0) is 13.9. The Bertz CT molecular complexity index is 724. The predicted octanol–water partition coefficient (Wildman–Crippen LogP) is 3.06. The van der Waals surface area contributed by atoms with E-state index in [4.69, 9.17) is 0 Å². The Morgan fingerprint density at radius 1 is 1.20 bits per heavy atom. The van der Waals surface area contributed by atoms with Gasteiger partial charge in [0.2, 0.25) is 0 Å². The van der Waals surface area contributed by atoms with Crippen molar-refractivity contribution >= 4 is 11.5 Å². The van der Waals surface area contributed by atoms with Gasteiger partial charge < -0.3 is 5.32 Å². The third-order valence-corrected chi connectivity index (χ3v) is 2.84. The molecule has 0 fully saturated rings. The van der Waals surface area contributed by atoms with Crippen LogP contribution >= 0.6 is 0 Å². The van der Waals surface area contributed by atoms with Gasteiger partial charge in [0.15, 0.2) is 0 Å². The number of nitrogens with one attached hydrogen (secondary N) is 2. The number of aromatic nitrogens is 4. The number of halogens is 1. The average Bonchev–Trinajstić information content (AvgIpc) is 2.95. The molecule has 5 nitrogen and oxygen atoms in total. The summed E-state index contributed by atoms with van der Waals surface area (Å²) < 4.78 is 14.1. The number of H-pyrrole nitrogens is 1. The molecular weight excluding hydrogens is 257 g/mol. The van der Waals surface area contributed by atoms with Crippen molar-refractivity contribution in [3.63, 3.8) is 0 Å². The molecule has 0 aliphatic rings. The summed E-state index contributed by atoms with van der Waals surface area (Å²) >= 11 is 0. The lowest BCUT2D eigenvalue weighted by molar-refractivity contribution is 0.632. The molecule has 0 saturated carbocycles. The van der Waals surface area contributed by atoms with E-state index in [0.29, 0.717) is 17.3 Å². The zero-order valence-electron chi connectivity index (χ0n) is 10.8. The van der Waals surface area contributed by atoms with Crippen LogP contribution in [0.15, 0.2) is 42.9 Å². The van der Waals surface area contributed by atoms with Gasteiger partial charge in [0, 0.05) is 18.0 Å². The lowest BCUT2D eigenvalue weighted by atomic mass is 10.1. The van der Waals surface area contributed by atoms with Gasteiger partial charge in [0.05, 0.1) is 11.9 Å². The number of hydrogen-bond acceptors (Lipinski definition) is 4. The van der Waals surface area contributed by atoms with E-state index in [1.165, 1.54) is 6.07 Å². The largest absolute Gasteiger partial charge is 0.338 e. The topological polar surface area (TPSA) is 66.5 Å². The molecule has 20 heavy (non-hydrogen) atoms. The molecule has 2 heterocycles. The van der Waals surface area contributed by atoms with Crippen LogP contribution in [-0.4, -0.2) is 20.2 Å². The summed E-state index contributed by atoms with van der Waals surface area (Å²) in [5.74, 6) is 0.845. The molecule has 1 aromatic carbocycles. The molecule has 0 amide bonds. The molecule has 0 atom stereocenters. The average molecular weight is 269 g/mol. The fourth-order valence-corrected chi connectivity index (χ4v) is 1.87. The minimum atomic E-state index is -0.347. The van der Waals surface area contributed by atoms with Gasteiger partial charge in [-0.05, 0) is 30.7 Å². The van der Waals surface area contributed by atoms with Gasteiger partial charge in [-0.15, -0.1) is 0 Å². The Morgan fingerprint density at radius 3 is 2.80 bits per heavy atom. The highest BCUT2D eigenvalue weighted by atomic mass is 19.1. The third-order valence-electron chi connectivity index (χ3n) is 2.84. The number of anilines is 2. The molecule has 0 saturated heterocycles. The summed E-state index contributed by atoms with van der Waals surface area (Å²) in [6.45, 7) is 1.78. The van der Waals surface area contributed by atoms with Gasteiger partial charge in [0.1, 0.15) is 17.5 Å². The first-order valence-electron chi connectivity index (χ1n) is 6.08. The fourth-order valence-electron chi connectivity index (χ4n) is 1.87. The molecule has 3 rings (SSSR count). The summed E-state index contributed by atoms with van der Waals surface area (Å²) in [5, 5.41) is 9.49. The van der Waals surface area contributed by atoms with Crippen LogP contribution in [0.25, 0.3) is 11.1 Å². The number of hydrogen-bond donors (Lipinski definition) is 2. The summed E-state index contributed by atoms with van der Waals surface area (Å²) in [6, 6.07) is 6.65. The van der Waals surface area contributed by atoms with Crippen molar-refractivity contribution in [2.45, 2.75) is 6.92 Å². The number of aromatic amines is 1. The summed E-state index contributed by atoms with van der Waals surface area (Å²) in [7, 11) is 0. The van der Waals surface area contributed by atoms with Crippen LogP contribution < -0.4 is 5.32 Å². The normalized spacial score (nSPS) is 10.5. The molecule has 100 valence electrons. The number of aryl methyl sites for hydroxylation is 1. The number of rotatable bonds is 3. The molecule has 0 aliphatic heterocycles. The van der Waals surface area contributed by atoms with Crippen LogP contribution in [0.4, 0.5) is 15.9 Å². The highest BCUT2D eigenvalue weighted by molar-refractivity contribution is 5.67. The molecule has 0 spiro atoms. The monoisotopic (exact) mass is 269 g/mol. The molecule has 2 aromatic heterocycles. The van der Waals surface area contributed by atoms with Crippen molar-refractivity contribution in [2.24, 2.45) is 0 Å². The maximum atomic E-state index is 14.1. The first-order chi connectivity index (χ1) is 9.72. The van der Waals surface area contributed by atoms with Gasteiger partial charge in [-0.25, -0.2) is 14.4 Å². The van der Waals surface area contributed by atoms with Crippen LogP contribution in [0.2, 0.25) is 0 Å². The second-order valence-corrected chi connectivity index (χ2v) is 4.30. The lowest BCUT2D eigenvalue weighted by Crippen LogP contribution is -1.98. The summed E-state index contributed by atoms with van der Waals surface area (Å²) in [5.41, 5.74) is 1.98. The van der Waals surface area contributed by atoms with Crippen molar-refractivity contribution in [3.05, 3.63) is 54.5 Å². The molecule has 0 unspecified atom stereocenters. The van der Waals surface area contributed by atoms with Gasteiger partial charge >= 0.3 is 0 Å². The van der Waals surface area contributed by atoms with E-state index in [9.17, 15) is 4.39 Å². The van der Waals surface area contributed by atoms with Crippen LogP contribution in [0.1, 0.15) is 5.82 Å². The Balaban J connectivity index is 1.88. The van der Waals surface area contributed by atoms with Gasteiger partial charge in [-0.2, -0.15) is 5.10 Å². The maximum Gasteiger partial charge on any atom is 0.147 e. The van der Waals surface area contributed by atoms with E-state index < -0.39 is 0 Å². The fraction of sp³-hybridized carbons (Fsp3) is 0.0714. The SMILES string of the molecule is Cc1nccc(Nc2ccc(-c3cn[nH]c3)cc2F)n1. The Labute approximate surface area is 114 Å². The molecule has 3 aromatic rings. The number of nitrogens with zero attached hydrogens (tertiary/aromatic N) is 3. The van der Waals surface area contributed by atoms with Crippen molar-refractivity contribution in [1.29, 1.82) is 0 Å². The molecular formula is C14H12FN5. The minimum absolute atomic E-state index is 0.347.